The van der Waals surface area contributed by atoms with Crippen LogP contribution in [0, 0.1) is 0 Å². The first-order chi connectivity index (χ1) is 11.6. The monoisotopic (exact) mass is 345 g/mol. The smallest absolute Gasteiger partial charge is 0.262 e. The van der Waals surface area contributed by atoms with E-state index in [9.17, 15) is 9.59 Å². The Labute approximate surface area is 145 Å². The second kappa shape index (κ2) is 7.38. The number of carbonyl (C=O) groups excluding carboxylic acids is 1. The minimum absolute atomic E-state index is 0.0121. The molecule has 1 saturated carbocycles. The molecule has 0 bridgehead atoms. The minimum Gasteiger partial charge on any atom is -0.355 e. The lowest BCUT2D eigenvalue weighted by Gasteiger charge is -2.20. The largest absolute Gasteiger partial charge is 0.355 e. The number of benzene rings is 1. The number of fused-ring (bicyclic) bond motifs is 1. The summed E-state index contributed by atoms with van der Waals surface area (Å²) in [5.74, 6) is -0.0251. The van der Waals surface area contributed by atoms with Crippen LogP contribution < -0.4 is 10.9 Å². The SMILES string of the molecule is CCNC(=O)[C@H](C)Sc1nc2ccccc2c(=O)n1C1CCCC1. The van der Waals surface area contributed by atoms with Crippen LogP contribution >= 0.6 is 11.8 Å². The molecule has 0 aliphatic heterocycles. The second-order valence-corrected chi connectivity index (χ2v) is 7.49. The van der Waals surface area contributed by atoms with Crippen molar-refractivity contribution < 1.29 is 4.79 Å². The number of aromatic nitrogens is 2. The van der Waals surface area contributed by atoms with Gasteiger partial charge in [0, 0.05) is 12.6 Å². The van der Waals surface area contributed by atoms with E-state index in [1.165, 1.54) is 11.8 Å². The van der Waals surface area contributed by atoms with Crippen LogP contribution in [0.1, 0.15) is 45.6 Å². The first kappa shape index (κ1) is 17.0. The molecular weight excluding hydrogens is 322 g/mol. The highest BCUT2D eigenvalue weighted by Crippen LogP contribution is 2.33. The highest BCUT2D eigenvalue weighted by molar-refractivity contribution is 8.00. The third-order valence-corrected chi connectivity index (χ3v) is 5.53. The molecule has 24 heavy (non-hydrogen) atoms. The minimum atomic E-state index is -0.286. The van der Waals surface area contributed by atoms with Crippen molar-refractivity contribution in [1.29, 1.82) is 0 Å². The summed E-state index contributed by atoms with van der Waals surface area (Å²) in [6, 6.07) is 7.64. The van der Waals surface area contributed by atoms with Crippen molar-refractivity contribution >= 4 is 28.6 Å². The number of carbonyl (C=O) groups is 1. The first-order valence-corrected chi connectivity index (χ1v) is 9.45. The Balaban J connectivity index is 2.05. The summed E-state index contributed by atoms with van der Waals surface area (Å²) in [4.78, 5) is 29.8. The van der Waals surface area contributed by atoms with Crippen molar-refractivity contribution in [2.24, 2.45) is 0 Å². The molecule has 128 valence electrons. The zero-order valence-corrected chi connectivity index (χ0v) is 14.9. The van der Waals surface area contributed by atoms with Gasteiger partial charge in [0.05, 0.1) is 16.2 Å². The predicted octanol–water partition coefficient (Wildman–Crippen LogP) is 3.13. The van der Waals surface area contributed by atoms with Crippen molar-refractivity contribution in [3.63, 3.8) is 0 Å². The second-order valence-electron chi connectivity index (χ2n) is 6.18. The van der Waals surface area contributed by atoms with E-state index in [1.807, 2.05) is 42.7 Å². The molecule has 3 rings (SSSR count). The molecule has 0 radical (unpaired) electrons. The molecular formula is C18H23N3O2S. The van der Waals surface area contributed by atoms with E-state index in [0.717, 1.165) is 25.7 Å². The maximum Gasteiger partial charge on any atom is 0.262 e. The molecule has 0 spiro atoms. The van der Waals surface area contributed by atoms with Gasteiger partial charge in [-0.2, -0.15) is 0 Å². The summed E-state index contributed by atoms with van der Waals surface area (Å²) < 4.78 is 1.83. The van der Waals surface area contributed by atoms with E-state index < -0.39 is 0 Å². The number of rotatable bonds is 5. The van der Waals surface area contributed by atoms with E-state index in [4.69, 9.17) is 4.98 Å². The Kier molecular flexibility index (Phi) is 5.23. The standard InChI is InChI=1S/C18H23N3O2S/c1-3-19-16(22)12(2)24-18-20-15-11-7-6-10-14(15)17(23)21(18)13-8-4-5-9-13/h6-7,10-13H,3-5,8-9H2,1-2H3,(H,19,22)/t12-/m0/s1. The quantitative estimate of drug-likeness (QED) is 0.668. The number of para-hydroxylation sites is 1. The number of thioether (sulfide) groups is 1. The molecule has 0 unspecified atom stereocenters. The van der Waals surface area contributed by atoms with Gasteiger partial charge < -0.3 is 5.32 Å². The molecule has 1 fully saturated rings. The van der Waals surface area contributed by atoms with Crippen LogP contribution in [0.4, 0.5) is 0 Å². The first-order valence-electron chi connectivity index (χ1n) is 8.57. The van der Waals surface area contributed by atoms with Gasteiger partial charge in [-0.25, -0.2) is 4.98 Å². The molecule has 1 amide bonds. The lowest BCUT2D eigenvalue weighted by atomic mass is 10.2. The maximum atomic E-state index is 13.0. The molecule has 1 aliphatic carbocycles. The summed E-state index contributed by atoms with van der Waals surface area (Å²) in [5.41, 5.74) is 0.709. The third kappa shape index (κ3) is 3.34. The van der Waals surface area contributed by atoms with E-state index in [-0.39, 0.29) is 22.8 Å². The predicted molar refractivity (Wildman–Crippen MR) is 97.5 cm³/mol. The lowest BCUT2D eigenvalue weighted by Crippen LogP contribution is -2.32. The highest BCUT2D eigenvalue weighted by atomic mass is 32.2. The maximum absolute atomic E-state index is 13.0. The van der Waals surface area contributed by atoms with Gasteiger partial charge >= 0.3 is 0 Å². The Bertz CT molecular complexity index is 796. The van der Waals surface area contributed by atoms with Gasteiger partial charge in [0.25, 0.3) is 5.56 Å². The van der Waals surface area contributed by atoms with Crippen molar-refractivity contribution in [3.8, 4) is 0 Å². The fourth-order valence-corrected chi connectivity index (χ4v) is 4.23. The van der Waals surface area contributed by atoms with Crippen LogP contribution in [0.15, 0.2) is 34.2 Å². The van der Waals surface area contributed by atoms with Crippen LogP contribution in [0.5, 0.6) is 0 Å². The molecule has 1 heterocycles. The third-order valence-electron chi connectivity index (χ3n) is 4.47. The van der Waals surface area contributed by atoms with E-state index in [2.05, 4.69) is 5.32 Å². The van der Waals surface area contributed by atoms with Gasteiger partial charge in [0.1, 0.15) is 0 Å². The highest BCUT2D eigenvalue weighted by Gasteiger charge is 2.25. The average Bonchev–Trinajstić information content (AvgIpc) is 3.09. The van der Waals surface area contributed by atoms with Crippen molar-refractivity contribution in [1.82, 2.24) is 14.9 Å². The molecule has 1 aromatic carbocycles. The van der Waals surface area contributed by atoms with Crippen LogP contribution in [-0.4, -0.2) is 27.3 Å². The van der Waals surface area contributed by atoms with E-state index >= 15 is 0 Å². The van der Waals surface area contributed by atoms with Crippen molar-refractivity contribution in [2.75, 3.05) is 6.54 Å². The fraction of sp³-hybridized carbons (Fsp3) is 0.500. The van der Waals surface area contributed by atoms with Crippen LogP contribution in [0.2, 0.25) is 0 Å². The van der Waals surface area contributed by atoms with Crippen LogP contribution in [-0.2, 0) is 4.79 Å². The molecule has 1 N–H and O–H groups in total. The molecule has 1 atom stereocenters. The van der Waals surface area contributed by atoms with Crippen molar-refractivity contribution in [3.05, 3.63) is 34.6 Å². The Morgan fingerprint density at radius 2 is 2.08 bits per heavy atom. The molecule has 1 aromatic heterocycles. The Morgan fingerprint density at radius 1 is 1.38 bits per heavy atom. The zero-order valence-electron chi connectivity index (χ0n) is 14.1. The summed E-state index contributed by atoms with van der Waals surface area (Å²) in [7, 11) is 0. The molecule has 0 saturated heterocycles. The average molecular weight is 345 g/mol. The van der Waals surface area contributed by atoms with Gasteiger partial charge in [-0.3, -0.25) is 14.2 Å². The lowest BCUT2D eigenvalue weighted by molar-refractivity contribution is -0.120. The van der Waals surface area contributed by atoms with Crippen molar-refractivity contribution in [2.45, 2.75) is 56.0 Å². The summed E-state index contributed by atoms with van der Waals surface area (Å²) in [6.45, 7) is 4.36. The van der Waals surface area contributed by atoms with E-state index in [1.54, 1.807) is 0 Å². The van der Waals surface area contributed by atoms with Gasteiger partial charge in [0.2, 0.25) is 5.91 Å². The number of hydrogen-bond donors (Lipinski definition) is 1. The van der Waals surface area contributed by atoms with Gasteiger partial charge in [-0.1, -0.05) is 36.7 Å². The van der Waals surface area contributed by atoms with Gasteiger partial charge in [-0.15, -0.1) is 0 Å². The number of hydrogen-bond acceptors (Lipinski definition) is 4. The van der Waals surface area contributed by atoms with Crippen LogP contribution in [0.3, 0.4) is 0 Å². The summed E-state index contributed by atoms with van der Waals surface area (Å²) in [6.07, 6.45) is 4.28. The Morgan fingerprint density at radius 3 is 2.79 bits per heavy atom. The molecule has 1 aliphatic rings. The summed E-state index contributed by atoms with van der Waals surface area (Å²) >= 11 is 1.37. The zero-order chi connectivity index (χ0) is 17.1. The van der Waals surface area contributed by atoms with E-state index in [0.29, 0.717) is 22.6 Å². The van der Waals surface area contributed by atoms with Gasteiger partial charge in [0.15, 0.2) is 5.16 Å². The normalized spacial score (nSPS) is 16.4. The summed E-state index contributed by atoms with van der Waals surface area (Å²) in [5, 5.41) is 3.85. The molecule has 5 nitrogen and oxygen atoms in total. The fourth-order valence-electron chi connectivity index (χ4n) is 3.22. The topological polar surface area (TPSA) is 64.0 Å². The number of amides is 1. The number of nitrogens with zero attached hydrogens (tertiary/aromatic N) is 2. The molecule has 6 heteroatoms. The number of nitrogens with one attached hydrogen (secondary N) is 1. The Hall–Kier alpha value is -1.82. The van der Waals surface area contributed by atoms with Crippen LogP contribution in [0.25, 0.3) is 10.9 Å². The molecule has 2 aromatic rings. The van der Waals surface area contributed by atoms with Gasteiger partial charge in [-0.05, 0) is 38.8 Å².